The van der Waals surface area contributed by atoms with Crippen molar-refractivity contribution in [3.8, 4) is 0 Å². The number of carbonyl (C=O) groups is 1. The molecular formula is C23H37N3O6. The number of carboxylic acid groups (broad SMARTS) is 1. The Balaban J connectivity index is 3.61. The molecule has 0 radical (unpaired) electrons. The van der Waals surface area contributed by atoms with E-state index < -0.39 is 32.8 Å². The smallest absolute Gasteiger partial charge is 0.337 e. The Hall–Kier alpha value is -2.55. The van der Waals surface area contributed by atoms with Crippen molar-refractivity contribution in [1.29, 1.82) is 0 Å². The second kappa shape index (κ2) is 13.8. The molecule has 9 heteroatoms. The van der Waals surface area contributed by atoms with Crippen LogP contribution in [0.1, 0.15) is 95.3 Å². The van der Waals surface area contributed by atoms with E-state index in [0.29, 0.717) is 19.6 Å². The van der Waals surface area contributed by atoms with Crippen molar-refractivity contribution in [2.75, 3.05) is 19.6 Å². The van der Waals surface area contributed by atoms with Gasteiger partial charge in [0, 0.05) is 17.7 Å². The largest absolute Gasteiger partial charge is 0.545 e. The van der Waals surface area contributed by atoms with Gasteiger partial charge >= 0.3 is 11.4 Å². The number of hydrogen-bond donors (Lipinski definition) is 0. The van der Waals surface area contributed by atoms with Crippen LogP contribution in [0.25, 0.3) is 0 Å². The highest BCUT2D eigenvalue weighted by Gasteiger charge is 2.43. The van der Waals surface area contributed by atoms with Gasteiger partial charge in [0.05, 0.1) is 35.5 Å². The van der Waals surface area contributed by atoms with Crippen LogP contribution >= 0.6 is 0 Å². The Morgan fingerprint density at radius 3 is 1.56 bits per heavy atom. The van der Waals surface area contributed by atoms with Gasteiger partial charge in [-0.3, -0.25) is 24.7 Å². The average molecular weight is 452 g/mol. The first-order valence-electron chi connectivity index (χ1n) is 11.8. The summed E-state index contributed by atoms with van der Waals surface area (Å²) in [5.41, 5.74) is -1.52. The van der Waals surface area contributed by atoms with Crippen molar-refractivity contribution < 1.29 is 19.7 Å². The lowest BCUT2D eigenvalue weighted by atomic mass is 10.0. The number of hydrogen-bond acceptors (Lipinski definition) is 6. The Kier molecular flexibility index (Phi) is 11.8. The molecule has 0 bridgehead atoms. The minimum absolute atomic E-state index is 0.0282. The minimum atomic E-state index is -1.67. The number of aromatic carboxylic acids is 1. The topological polar surface area (TPSA) is 126 Å². The molecule has 0 heterocycles. The van der Waals surface area contributed by atoms with Crippen LogP contribution in [0.3, 0.4) is 0 Å². The lowest BCUT2D eigenvalue weighted by Gasteiger charge is -2.37. The number of carbonyl (C=O) groups excluding carboxylic acids is 1. The third kappa shape index (κ3) is 7.55. The molecule has 0 spiro atoms. The van der Waals surface area contributed by atoms with Crippen LogP contribution in [0.2, 0.25) is 0 Å². The van der Waals surface area contributed by atoms with E-state index in [4.69, 9.17) is 0 Å². The first kappa shape index (κ1) is 27.5. The number of nitro benzene ring substituents is 2. The fraction of sp³-hybridized carbons (Fsp3) is 0.696. The third-order valence-corrected chi connectivity index (χ3v) is 5.99. The summed E-state index contributed by atoms with van der Waals surface area (Å²) in [6.07, 6.45) is 9.45. The summed E-state index contributed by atoms with van der Waals surface area (Å²) in [6.45, 7) is 7.81. The fourth-order valence-corrected chi connectivity index (χ4v) is 4.27. The number of nitrogens with zero attached hydrogens (tertiary/aromatic N) is 3. The maximum atomic E-state index is 12.0. The van der Waals surface area contributed by atoms with Crippen LogP contribution < -0.4 is 9.59 Å². The standard InChI is InChI=1S/C23H37N3O6/c1-4-7-10-11-12-13-16-26(14-8-5-2,15-9-6-3)22-20(24(29)30)17-19(23(27)28)18-21(22)25(31)32/h17-18H,4-16H2,1-3H3. The van der Waals surface area contributed by atoms with Crippen molar-refractivity contribution in [2.45, 2.75) is 85.0 Å². The van der Waals surface area contributed by atoms with Crippen molar-refractivity contribution in [2.24, 2.45) is 0 Å². The van der Waals surface area contributed by atoms with E-state index in [1.54, 1.807) is 0 Å². The predicted molar refractivity (Wildman–Crippen MR) is 124 cm³/mol. The van der Waals surface area contributed by atoms with Gasteiger partial charge in [0.25, 0.3) is 5.69 Å². The quantitative estimate of drug-likeness (QED) is 0.140. The van der Waals surface area contributed by atoms with Crippen LogP contribution in [0, 0.1) is 20.2 Å². The average Bonchev–Trinajstić information content (AvgIpc) is 2.76. The Morgan fingerprint density at radius 1 is 0.750 bits per heavy atom. The van der Waals surface area contributed by atoms with Crippen LogP contribution in [-0.2, 0) is 0 Å². The van der Waals surface area contributed by atoms with Gasteiger partial charge in [-0.15, -0.1) is 0 Å². The zero-order valence-electron chi connectivity index (χ0n) is 19.6. The van der Waals surface area contributed by atoms with Crippen LogP contribution in [0.5, 0.6) is 0 Å². The van der Waals surface area contributed by atoms with Crippen LogP contribution in [0.4, 0.5) is 17.1 Å². The Morgan fingerprint density at radius 2 is 1.16 bits per heavy atom. The predicted octanol–water partition coefficient (Wildman–Crippen LogP) is 5.13. The molecule has 180 valence electrons. The van der Waals surface area contributed by atoms with Gasteiger partial charge in [-0.25, -0.2) is 0 Å². The van der Waals surface area contributed by atoms with E-state index in [1.165, 1.54) is 0 Å². The lowest BCUT2D eigenvalue weighted by Crippen LogP contribution is -2.52. The van der Waals surface area contributed by atoms with Gasteiger partial charge < -0.3 is 9.90 Å². The van der Waals surface area contributed by atoms with E-state index in [1.807, 2.05) is 13.8 Å². The number of rotatable bonds is 17. The molecule has 0 atom stereocenters. The maximum absolute atomic E-state index is 12.0. The first-order valence-corrected chi connectivity index (χ1v) is 11.8. The van der Waals surface area contributed by atoms with Crippen LogP contribution in [-0.4, -0.2) is 35.5 Å². The summed E-state index contributed by atoms with van der Waals surface area (Å²) in [4.78, 5) is 34.0. The number of quaternary nitrogens is 1. The molecule has 32 heavy (non-hydrogen) atoms. The molecule has 0 saturated carbocycles. The molecule has 0 aliphatic carbocycles. The number of nitro groups is 2. The summed E-state index contributed by atoms with van der Waals surface area (Å²) in [5.74, 6) is -1.67. The molecule has 9 nitrogen and oxygen atoms in total. The molecule has 0 saturated heterocycles. The van der Waals surface area contributed by atoms with E-state index in [-0.39, 0.29) is 10.2 Å². The molecule has 0 unspecified atom stereocenters. The first-order chi connectivity index (χ1) is 15.2. The molecule has 0 aromatic heterocycles. The molecule has 1 aromatic carbocycles. The highest BCUT2D eigenvalue weighted by atomic mass is 16.6. The van der Waals surface area contributed by atoms with Crippen molar-refractivity contribution >= 4 is 23.0 Å². The van der Waals surface area contributed by atoms with E-state index in [2.05, 4.69) is 6.92 Å². The molecule has 0 amide bonds. The third-order valence-electron chi connectivity index (χ3n) is 5.99. The van der Waals surface area contributed by atoms with Gasteiger partial charge in [-0.1, -0.05) is 59.3 Å². The molecule has 0 N–H and O–H groups in total. The van der Waals surface area contributed by atoms with Gasteiger partial charge in [-0.05, 0) is 25.7 Å². The second-order valence-corrected chi connectivity index (χ2v) is 8.46. The maximum Gasteiger partial charge on any atom is 0.337 e. The van der Waals surface area contributed by atoms with Gasteiger partial charge in [0.2, 0.25) is 0 Å². The highest BCUT2D eigenvalue weighted by molar-refractivity contribution is 5.91. The number of unbranched alkanes of at least 4 members (excludes halogenated alkanes) is 7. The van der Waals surface area contributed by atoms with Gasteiger partial charge in [0.1, 0.15) is 0 Å². The second-order valence-electron chi connectivity index (χ2n) is 8.46. The molecule has 1 rings (SSSR count). The highest BCUT2D eigenvalue weighted by Crippen LogP contribution is 2.43. The van der Waals surface area contributed by atoms with E-state index in [0.717, 1.165) is 76.3 Å². The molecule has 1 aromatic rings. The normalized spacial score (nSPS) is 11.5. The van der Waals surface area contributed by atoms with E-state index >= 15 is 0 Å². The summed E-state index contributed by atoms with van der Waals surface area (Å²) >= 11 is 0. The van der Waals surface area contributed by atoms with Crippen molar-refractivity contribution in [1.82, 2.24) is 4.48 Å². The molecule has 0 aliphatic rings. The zero-order chi connectivity index (χ0) is 24.1. The number of carboxylic acids is 1. The van der Waals surface area contributed by atoms with Gasteiger partial charge in [0.15, 0.2) is 0 Å². The Labute approximate surface area is 190 Å². The Bertz CT molecular complexity index is 738. The van der Waals surface area contributed by atoms with Crippen molar-refractivity contribution in [3.05, 3.63) is 37.9 Å². The summed E-state index contributed by atoms with van der Waals surface area (Å²) in [5, 5.41) is 35.3. The van der Waals surface area contributed by atoms with E-state index in [9.17, 15) is 30.1 Å². The van der Waals surface area contributed by atoms with Gasteiger partial charge in [-0.2, -0.15) is 0 Å². The SMILES string of the molecule is CCCCCCCC[N+](CCCC)(CCCC)c1c([N+](=O)[O-])cc(C(=O)[O-])cc1[N+](=O)[O-]. The minimum Gasteiger partial charge on any atom is -0.545 e. The molecular weight excluding hydrogens is 414 g/mol. The number of benzene rings is 1. The summed E-state index contributed by atoms with van der Waals surface area (Å²) < 4.78 is 0.134. The molecule has 0 fully saturated rings. The van der Waals surface area contributed by atoms with Crippen LogP contribution in [0.15, 0.2) is 12.1 Å². The fourth-order valence-electron chi connectivity index (χ4n) is 4.27. The summed E-state index contributed by atoms with van der Waals surface area (Å²) in [7, 11) is 0. The summed E-state index contributed by atoms with van der Waals surface area (Å²) in [6, 6.07) is 1.84. The lowest BCUT2D eigenvalue weighted by molar-refractivity contribution is -0.394. The van der Waals surface area contributed by atoms with Crippen molar-refractivity contribution in [3.63, 3.8) is 0 Å². The molecule has 0 aliphatic heterocycles. The monoisotopic (exact) mass is 451 g/mol. The zero-order valence-corrected chi connectivity index (χ0v) is 19.6.